The van der Waals surface area contributed by atoms with E-state index in [1.54, 1.807) is 0 Å². The number of aryl methyl sites for hydroxylation is 2. The first-order valence-corrected chi connectivity index (χ1v) is 9.98. The highest BCUT2D eigenvalue weighted by molar-refractivity contribution is 9.10. The van der Waals surface area contributed by atoms with Gasteiger partial charge in [-0.05, 0) is 55.9 Å². The third kappa shape index (κ3) is 4.67. The molecule has 0 bridgehead atoms. The van der Waals surface area contributed by atoms with Crippen LogP contribution in [0.25, 0.3) is 17.0 Å². The zero-order valence-electron chi connectivity index (χ0n) is 15.9. The van der Waals surface area contributed by atoms with Gasteiger partial charge in [0.15, 0.2) is 0 Å². The molecule has 1 N–H and O–H groups in total. The molecule has 0 amide bonds. The predicted octanol–water partition coefficient (Wildman–Crippen LogP) is 4.50. The van der Waals surface area contributed by atoms with Crippen LogP contribution in [-0.2, 0) is 19.5 Å². The number of hydrogen-bond acceptors (Lipinski definition) is 3. The quantitative estimate of drug-likeness (QED) is 0.575. The molecule has 0 saturated carbocycles. The fourth-order valence-corrected chi connectivity index (χ4v) is 3.98. The highest BCUT2D eigenvalue weighted by Crippen LogP contribution is 2.31. The smallest absolute Gasteiger partial charge is 0.0639 e. The summed E-state index contributed by atoms with van der Waals surface area (Å²) < 4.78 is 3.39. The number of likely N-dealkylation sites (N-methyl/N-ethyl adjacent to an activating group) is 1. The van der Waals surface area contributed by atoms with Crippen LogP contribution in [0.1, 0.15) is 23.9 Å². The van der Waals surface area contributed by atoms with Crippen molar-refractivity contribution >= 4 is 32.9 Å². The highest BCUT2D eigenvalue weighted by Gasteiger charge is 2.17. The van der Waals surface area contributed by atoms with Crippen molar-refractivity contribution < 1.29 is 5.11 Å². The number of fused-ring (bicyclic) bond motifs is 1. The first kappa shape index (κ1) is 19.8. The van der Waals surface area contributed by atoms with Crippen molar-refractivity contribution in [1.29, 1.82) is 0 Å². The molecule has 27 heavy (non-hydrogen) atoms. The molecule has 1 aromatic carbocycles. The van der Waals surface area contributed by atoms with Crippen LogP contribution in [0, 0.1) is 0 Å². The summed E-state index contributed by atoms with van der Waals surface area (Å²) in [6, 6.07) is 12.4. The van der Waals surface area contributed by atoms with E-state index in [4.69, 9.17) is 0 Å². The normalized spacial score (nSPS) is 12.6. The second kappa shape index (κ2) is 8.83. The molecular formula is C22H26BrN3O. The Morgan fingerprint density at radius 1 is 1.33 bits per heavy atom. The van der Waals surface area contributed by atoms with Gasteiger partial charge in [-0.2, -0.15) is 0 Å². The molecule has 3 rings (SSSR count). The minimum absolute atomic E-state index is 0.355. The van der Waals surface area contributed by atoms with Crippen molar-refractivity contribution in [3.63, 3.8) is 0 Å². The lowest BCUT2D eigenvalue weighted by Gasteiger charge is -2.19. The van der Waals surface area contributed by atoms with Crippen molar-refractivity contribution in [2.45, 2.75) is 32.5 Å². The van der Waals surface area contributed by atoms with E-state index in [1.807, 2.05) is 38.4 Å². The fourth-order valence-electron chi connectivity index (χ4n) is 3.61. The summed E-state index contributed by atoms with van der Waals surface area (Å²) in [6.45, 7) is 8.13. The van der Waals surface area contributed by atoms with Gasteiger partial charge in [0.1, 0.15) is 0 Å². The Kier molecular flexibility index (Phi) is 6.47. The average molecular weight is 428 g/mol. The van der Waals surface area contributed by atoms with Crippen molar-refractivity contribution in [2.75, 3.05) is 13.6 Å². The Hall–Kier alpha value is -1.95. The molecule has 3 aromatic rings. The summed E-state index contributed by atoms with van der Waals surface area (Å²) in [5.41, 5.74) is 4.66. The van der Waals surface area contributed by atoms with E-state index in [2.05, 4.69) is 61.2 Å². The van der Waals surface area contributed by atoms with Gasteiger partial charge in [-0.1, -0.05) is 28.6 Å². The molecule has 142 valence electrons. The van der Waals surface area contributed by atoms with Crippen molar-refractivity contribution in [3.8, 4) is 0 Å². The van der Waals surface area contributed by atoms with Gasteiger partial charge in [0, 0.05) is 59.0 Å². The van der Waals surface area contributed by atoms with Crippen molar-refractivity contribution in [3.05, 3.63) is 70.6 Å². The van der Waals surface area contributed by atoms with Gasteiger partial charge in [0.2, 0.25) is 0 Å². The Morgan fingerprint density at radius 2 is 2.15 bits per heavy atom. The first-order valence-electron chi connectivity index (χ1n) is 9.19. The maximum Gasteiger partial charge on any atom is 0.0639 e. The van der Waals surface area contributed by atoms with Gasteiger partial charge in [-0.3, -0.25) is 9.88 Å². The molecular weight excluding hydrogens is 402 g/mol. The maximum atomic E-state index is 9.72. The van der Waals surface area contributed by atoms with Gasteiger partial charge < -0.3 is 9.67 Å². The standard InChI is InChI=1S/C22H26BrN3O/c1-4-21-20(15-25(3)14-16(2)27)19-13-17(23)8-9-22(19)26(21)12-10-18-7-5-6-11-24-18/h4-9,11,13,16,27H,1,10,12,14-15H2,2-3H3/t16-/m1/s1. The van der Waals surface area contributed by atoms with Gasteiger partial charge in [0.05, 0.1) is 6.10 Å². The topological polar surface area (TPSA) is 41.3 Å². The molecule has 0 aliphatic heterocycles. The predicted molar refractivity (Wildman–Crippen MR) is 116 cm³/mol. The zero-order valence-corrected chi connectivity index (χ0v) is 17.5. The number of halogens is 1. The molecule has 1 atom stereocenters. The molecule has 0 fully saturated rings. The molecule has 2 heterocycles. The van der Waals surface area contributed by atoms with Crippen LogP contribution >= 0.6 is 15.9 Å². The molecule has 0 radical (unpaired) electrons. The lowest BCUT2D eigenvalue weighted by atomic mass is 10.1. The minimum Gasteiger partial charge on any atom is -0.392 e. The molecule has 0 aliphatic rings. The second-order valence-electron chi connectivity index (χ2n) is 7.00. The molecule has 0 unspecified atom stereocenters. The summed E-state index contributed by atoms with van der Waals surface area (Å²) in [4.78, 5) is 6.60. The van der Waals surface area contributed by atoms with Crippen LogP contribution in [0.4, 0.5) is 0 Å². The van der Waals surface area contributed by atoms with Crippen LogP contribution in [-0.4, -0.2) is 39.3 Å². The number of hydrogen-bond donors (Lipinski definition) is 1. The fraction of sp³-hybridized carbons (Fsp3) is 0.318. The van der Waals surface area contributed by atoms with Gasteiger partial charge in [-0.15, -0.1) is 0 Å². The summed E-state index contributed by atoms with van der Waals surface area (Å²) >= 11 is 3.61. The summed E-state index contributed by atoms with van der Waals surface area (Å²) in [7, 11) is 2.04. The largest absolute Gasteiger partial charge is 0.392 e. The van der Waals surface area contributed by atoms with Crippen LogP contribution in [0.3, 0.4) is 0 Å². The third-order valence-electron chi connectivity index (χ3n) is 4.69. The Balaban J connectivity index is 2.00. The highest BCUT2D eigenvalue weighted by atomic mass is 79.9. The van der Waals surface area contributed by atoms with E-state index in [0.29, 0.717) is 6.54 Å². The van der Waals surface area contributed by atoms with E-state index in [-0.39, 0.29) is 6.10 Å². The van der Waals surface area contributed by atoms with E-state index >= 15 is 0 Å². The molecule has 0 aliphatic carbocycles. The molecule has 0 spiro atoms. The Labute approximate surface area is 169 Å². The number of aliphatic hydroxyl groups excluding tert-OH is 1. The van der Waals surface area contributed by atoms with Crippen molar-refractivity contribution in [2.24, 2.45) is 0 Å². The molecule has 5 heteroatoms. The number of pyridine rings is 1. The number of nitrogens with zero attached hydrogens (tertiary/aromatic N) is 3. The summed E-state index contributed by atoms with van der Waals surface area (Å²) in [5, 5.41) is 10.9. The third-order valence-corrected chi connectivity index (χ3v) is 5.18. The first-order chi connectivity index (χ1) is 13.0. The number of benzene rings is 1. The Bertz CT molecular complexity index is 918. The second-order valence-corrected chi connectivity index (χ2v) is 7.91. The lowest BCUT2D eigenvalue weighted by molar-refractivity contribution is 0.138. The number of rotatable bonds is 8. The minimum atomic E-state index is -0.355. The summed E-state index contributed by atoms with van der Waals surface area (Å²) in [6.07, 6.45) is 4.29. The van der Waals surface area contributed by atoms with E-state index in [9.17, 15) is 5.11 Å². The van der Waals surface area contributed by atoms with Crippen molar-refractivity contribution in [1.82, 2.24) is 14.5 Å². The molecule has 2 aromatic heterocycles. The average Bonchev–Trinajstić information content (AvgIpc) is 2.92. The Morgan fingerprint density at radius 3 is 2.81 bits per heavy atom. The van der Waals surface area contributed by atoms with Crippen LogP contribution in [0.15, 0.2) is 53.6 Å². The van der Waals surface area contributed by atoms with Gasteiger partial charge in [-0.25, -0.2) is 0 Å². The molecule has 4 nitrogen and oxygen atoms in total. The molecule has 0 saturated heterocycles. The monoisotopic (exact) mass is 427 g/mol. The summed E-state index contributed by atoms with van der Waals surface area (Å²) in [5.74, 6) is 0. The zero-order chi connectivity index (χ0) is 19.4. The SMILES string of the molecule is C=Cc1c(CN(C)C[C@@H](C)O)c2cc(Br)ccc2n1CCc1ccccn1. The number of aliphatic hydroxyl groups is 1. The van der Waals surface area contributed by atoms with E-state index in [0.717, 1.165) is 35.4 Å². The van der Waals surface area contributed by atoms with Crippen LogP contribution < -0.4 is 0 Å². The van der Waals surface area contributed by atoms with E-state index in [1.165, 1.54) is 16.5 Å². The van der Waals surface area contributed by atoms with E-state index < -0.39 is 0 Å². The number of aromatic nitrogens is 2. The lowest BCUT2D eigenvalue weighted by Crippen LogP contribution is -2.27. The maximum absolute atomic E-state index is 9.72. The van der Waals surface area contributed by atoms with Crippen LogP contribution in [0.5, 0.6) is 0 Å². The van der Waals surface area contributed by atoms with Crippen LogP contribution in [0.2, 0.25) is 0 Å². The van der Waals surface area contributed by atoms with Gasteiger partial charge in [0.25, 0.3) is 0 Å². The van der Waals surface area contributed by atoms with Gasteiger partial charge >= 0.3 is 0 Å².